The molecular weight excluding hydrogens is 216 g/mol. The van der Waals surface area contributed by atoms with Gasteiger partial charge in [-0.2, -0.15) is 0 Å². The highest BCUT2D eigenvalue weighted by atomic mass is 16.3. The predicted octanol–water partition coefficient (Wildman–Crippen LogP) is 1.65. The summed E-state index contributed by atoms with van der Waals surface area (Å²) in [6.07, 6.45) is 2.26. The molecular formula is C12H22N4O. The molecule has 1 aromatic heterocycles. The van der Waals surface area contributed by atoms with Crippen LogP contribution in [0.1, 0.15) is 25.8 Å². The number of rotatable bonds is 6. The summed E-state index contributed by atoms with van der Waals surface area (Å²) in [5.41, 5.74) is 0.999. The number of anilines is 2. The molecule has 1 atom stereocenters. The second-order valence-corrected chi connectivity index (χ2v) is 4.45. The van der Waals surface area contributed by atoms with Gasteiger partial charge >= 0.3 is 0 Å². The summed E-state index contributed by atoms with van der Waals surface area (Å²) < 4.78 is 0. The van der Waals surface area contributed by atoms with E-state index in [2.05, 4.69) is 34.4 Å². The minimum absolute atomic E-state index is 0.179. The van der Waals surface area contributed by atoms with E-state index >= 15 is 0 Å². The SMILES string of the molecule is CNc1ncnc(NC(CCO)C(C)C)c1C. The molecule has 0 aliphatic heterocycles. The summed E-state index contributed by atoms with van der Waals surface area (Å²) in [6, 6.07) is 0.221. The molecule has 17 heavy (non-hydrogen) atoms. The first-order valence-corrected chi connectivity index (χ1v) is 5.96. The fourth-order valence-electron chi connectivity index (χ4n) is 1.73. The van der Waals surface area contributed by atoms with Crippen LogP contribution in [0.25, 0.3) is 0 Å². The smallest absolute Gasteiger partial charge is 0.134 e. The summed E-state index contributed by atoms with van der Waals surface area (Å²) in [5.74, 6) is 2.10. The van der Waals surface area contributed by atoms with E-state index in [9.17, 15) is 0 Å². The van der Waals surface area contributed by atoms with Crippen LogP contribution in [0.5, 0.6) is 0 Å². The molecule has 0 fully saturated rings. The van der Waals surface area contributed by atoms with Crippen LogP contribution in [0.4, 0.5) is 11.6 Å². The Kier molecular flexibility index (Phi) is 5.15. The first kappa shape index (κ1) is 13.7. The standard InChI is InChI=1S/C12H22N4O/c1-8(2)10(5-6-17)16-12-9(3)11(13-4)14-7-15-12/h7-8,10,17H,5-6H2,1-4H3,(H2,13,14,15,16). The van der Waals surface area contributed by atoms with E-state index in [0.717, 1.165) is 23.6 Å². The zero-order chi connectivity index (χ0) is 12.8. The number of hydrogen-bond donors (Lipinski definition) is 3. The fraction of sp³-hybridized carbons (Fsp3) is 0.667. The van der Waals surface area contributed by atoms with Crippen molar-refractivity contribution < 1.29 is 5.11 Å². The van der Waals surface area contributed by atoms with Crippen LogP contribution in [0.2, 0.25) is 0 Å². The maximum Gasteiger partial charge on any atom is 0.134 e. The molecule has 5 nitrogen and oxygen atoms in total. The van der Waals surface area contributed by atoms with Crippen molar-refractivity contribution >= 4 is 11.6 Å². The molecule has 0 radical (unpaired) electrons. The Hall–Kier alpha value is -1.36. The van der Waals surface area contributed by atoms with Crippen molar-refractivity contribution in [1.29, 1.82) is 0 Å². The van der Waals surface area contributed by atoms with Gasteiger partial charge in [0.05, 0.1) is 0 Å². The fourth-order valence-corrected chi connectivity index (χ4v) is 1.73. The lowest BCUT2D eigenvalue weighted by atomic mass is 10.0. The van der Waals surface area contributed by atoms with Crippen LogP contribution in [0, 0.1) is 12.8 Å². The highest BCUT2D eigenvalue weighted by Crippen LogP contribution is 2.20. The van der Waals surface area contributed by atoms with Crippen molar-refractivity contribution in [2.24, 2.45) is 5.92 Å². The van der Waals surface area contributed by atoms with Crippen LogP contribution in [0.3, 0.4) is 0 Å². The molecule has 0 bridgehead atoms. The third-order valence-electron chi connectivity index (χ3n) is 2.89. The number of hydrogen-bond acceptors (Lipinski definition) is 5. The maximum atomic E-state index is 9.05. The highest BCUT2D eigenvalue weighted by molar-refractivity contribution is 5.56. The van der Waals surface area contributed by atoms with E-state index in [1.165, 1.54) is 6.33 Å². The Morgan fingerprint density at radius 2 is 1.94 bits per heavy atom. The molecule has 5 heteroatoms. The molecule has 0 amide bonds. The van der Waals surface area contributed by atoms with Gasteiger partial charge in [-0.1, -0.05) is 13.8 Å². The number of nitrogens with one attached hydrogen (secondary N) is 2. The summed E-state index contributed by atoms with van der Waals surface area (Å²) in [6.45, 7) is 6.41. The van der Waals surface area contributed by atoms with Gasteiger partial charge in [-0.3, -0.25) is 0 Å². The van der Waals surface area contributed by atoms with Crippen LogP contribution < -0.4 is 10.6 Å². The lowest BCUT2D eigenvalue weighted by Gasteiger charge is -2.23. The first-order valence-electron chi connectivity index (χ1n) is 5.96. The van der Waals surface area contributed by atoms with Crippen LogP contribution >= 0.6 is 0 Å². The molecule has 0 aliphatic carbocycles. The van der Waals surface area contributed by atoms with E-state index in [1.807, 2.05) is 14.0 Å². The zero-order valence-electron chi connectivity index (χ0n) is 11.0. The van der Waals surface area contributed by atoms with Crippen molar-refractivity contribution in [2.75, 3.05) is 24.3 Å². The van der Waals surface area contributed by atoms with Gasteiger partial charge in [0.15, 0.2) is 0 Å². The average Bonchev–Trinajstić information content (AvgIpc) is 2.30. The van der Waals surface area contributed by atoms with Crippen LogP contribution in [-0.4, -0.2) is 34.8 Å². The highest BCUT2D eigenvalue weighted by Gasteiger charge is 2.15. The summed E-state index contributed by atoms with van der Waals surface area (Å²) in [5, 5.41) is 15.4. The van der Waals surface area contributed by atoms with E-state index in [4.69, 9.17) is 5.11 Å². The normalized spacial score (nSPS) is 12.6. The Morgan fingerprint density at radius 1 is 1.29 bits per heavy atom. The number of nitrogens with zero attached hydrogens (tertiary/aromatic N) is 2. The number of aliphatic hydroxyl groups excluding tert-OH is 1. The number of aliphatic hydroxyl groups is 1. The molecule has 0 saturated carbocycles. The molecule has 0 saturated heterocycles. The summed E-state index contributed by atoms with van der Waals surface area (Å²) in [4.78, 5) is 8.39. The molecule has 0 aromatic carbocycles. The molecule has 0 spiro atoms. The molecule has 1 unspecified atom stereocenters. The predicted molar refractivity (Wildman–Crippen MR) is 70.3 cm³/mol. The Morgan fingerprint density at radius 3 is 2.47 bits per heavy atom. The second kappa shape index (κ2) is 6.39. The lowest BCUT2D eigenvalue weighted by Crippen LogP contribution is -2.27. The van der Waals surface area contributed by atoms with Gasteiger partial charge < -0.3 is 15.7 Å². The Balaban J connectivity index is 2.85. The van der Waals surface area contributed by atoms with Crippen molar-refractivity contribution in [1.82, 2.24) is 9.97 Å². The van der Waals surface area contributed by atoms with Crippen molar-refractivity contribution in [3.63, 3.8) is 0 Å². The molecule has 1 aromatic rings. The van der Waals surface area contributed by atoms with Gasteiger partial charge in [-0.05, 0) is 19.3 Å². The first-order chi connectivity index (χ1) is 8.10. The third-order valence-corrected chi connectivity index (χ3v) is 2.89. The van der Waals surface area contributed by atoms with E-state index in [0.29, 0.717) is 5.92 Å². The van der Waals surface area contributed by atoms with Crippen LogP contribution in [0.15, 0.2) is 6.33 Å². The number of aromatic nitrogens is 2. The monoisotopic (exact) mass is 238 g/mol. The lowest BCUT2D eigenvalue weighted by molar-refractivity contribution is 0.267. The average molecular weight is 238 g/mol. The topological polar surface area (TPSA) is 70.1 Å². The van der Waals surface area contributed by atoms with E-state index in [-0.39, 0.29) is 12.6 Å². The minimum atomic E-state index is 0.179. The van der Waals surface area contributed by atoms with Gasteiger partial charge in [-0.25, -0.2) is 9.97 Å². The second-order valence-electron chi connectivity index (χ2n) is 4.45. The molecule has 1 rings (SSSR count). The maximum absolute atomic E-state index is 9.05. The van der Waals surface area contributed by atoms with Gasteiger partial charge in [-0.15, -0.1) is 0 Å². The quantitative estimate of drug-likeness (QED) is 0.703. The summed E-state index contributed by atoms with van der Waals surface area (Å²) in [7, 11) is 1.84. The van der Waals surface area contributed by atoms with Crippen molar-refractivity contribution in [3.8, 4) is 0 Å². The van der Waals surface area contributed by atoms with Gasteiger partial charge in [0, 0.05) is 25.3 Å². The molecule has 0 aliphatic rings. The minimum Gasteiger partial charge on any atom is -0.396 e. The largest absolute Gasteiger partial charge is 0.396 e. The van der Waals surface area contributed by atoms with Gasteiger partial charge in [0.1, 0.15) is 18.0 Å². The van der Waals surface area contributed by atoms with E-state index in [1.54, 1.807) is 0 Å². The Labute approximate surface area is 103 Å². The van der Waals surface area contributed by atoms with Crippen molar-refractivity contribution in [2.45, 2.75) is 33.2 Å². The molecule has 1 heterocycles. The zero-order valence-corrected chi connectivity index (χ0v) is 11.0. The van der Waals surface area contributed by atoms with Crippen LogP contribution in [-0.2, 0) is 0 Å². The van der Waals surface area contributed by atoms with Gasteiger partial charge in [0.25, 0.3) is 0 Å². The molecule has 96 valence electrons. The van der Waals surface area contributed by atoms with Crippen molar-refractivity contribution in [3.05, 3.63) is 11.9 Å². The van der Waals surface area contributed by atoms with Gasteiger partial charge in [0.2, 0.25) is 0 Å². The van der Waals surface area contributed by atoms with E-state index < -0.39 is 0 Å². The molecule has 3 N–H and O–H groups in total. The Bertz CT molecular complexity index is 354. The third kappa shape index (κ3) is 3.56. The summed E-state index contributed by atoms with van der Waals surface area (Å²) >= 11 is 0.